The molecule has 6 nitrogen and oxygen atoms in total. The van der Waals surface area contributed by atoms with Gasteiger partial charge in [-0.25, -0.2) is 17.8 Å². The molecule has 1 atom stereocenters. The molecule has 1 saturated carbocycles. The lowest BCUT2D eigenvalue weighted by Crippen LogP contribution is -2.35. The number of aryl methyl sites for hydroxylation is 1. The van der Waals surface area contributed by atoms with E-state index in [0.717, 1.165) is 36.9 Å². The highest BCUT2D eigenvalue weighted by atomic mass is 32.2. The molecule has 0 aliphatic heterocycles. The second-order valence-electron chi connectivity index (χ2n) is 6.42. The number of aromatic nitrogens is 2. The van der Waals surface area contributed by atoms with Gasteiger partial charge in [-0.15, -0.1) is 0 Å². The first-order valence-electron chi connectivity index (χ1n) is 8.25. The van der Waals surface area contributed by atoms with Crippen molar-refractivity contribution in [1.29, 1.82) is 0 Å². The maximum atomic E-state index is 12.4. The summed E-state index contributed by atoms with van der Waals surface area (Å²) in [5.41, 5.74) is 1.93. The molecule has 1 aromatic carbocycles. The molecule has 0 amide bonds. The Balaban J connectivity index is 1.67. The van der Waals surface area contributed by atoms with Crippen molar-refractivity contribution in [1.82, 2.24) is 14.5 Å². The Morgan fingerprint density at radius 2 is 1.96 bits per heavy atom. The summed E-state index contributed by atoms with van der Waals surface area (Å²) in [5.74, 6) is 0.197. The molecule has 0 spiro atoms. The summed E-state index contributed by atoms with van der Waals surface area (Å²) in [6.45, 7) is 2.03. The van der Waals surface area contributed by atoms with E-state index in [1.54, 1.807) is 0 Å². The van der Waals surface area contributed by atoms with E-state index in [1.165, 1.54) is 17.1 Å². The van der Waals surface area contributed by atoms with Gasteiger partial charge in [0, 0.05) is 6.54 Å². The van der Waals surface area contributed by atoms with E-state index in [1.807, 2.05) is 31.2 Å². The minimum absolute atomic E-state index is 0.0444. The third kappa shape index (κ3) is 3.85. The van der Waals surface area contributed by atoms with Crippen molar-refractivity contribution in [3.8, 4) is 5.69 Å². The van der Waals surface area contributed by atoms with Crippen molar-refractivity contribution in [2.45, 2.75) is 43.6 Å². The van der Waals surface area contributed by atoms with E-state index in [0.29, 0.717) is 0 Å². The average Bonchev–Trinajstić information content (AvgIpc) is 3.25. The van der Waals surface area contributed by atoms with Gasteiger partial charge < -0.3 is 5.11 Å². The van der Waals surface area contributed by atoms with E-state index in [-0.39, 0.29) is 17.4 Å². The SMILES string of the molecule is Cc1ccc(-n2cc(S(=O)(=O)NCC(O)C3CCCC3)cn2)cc1. The predicted octanol–water partition coefficient (Wildman–Crippen LogP) is 2.01. The van der Waals surface area contributed by atoms with E-state index in [4.69, 9.17) is 0 Å². The van der Waals surface area contributed by atoms with Crippen LogP contribution in [0.3, 0.4) is 0 Å². The van der Waals surface area contributed by atoms with Crippen molar-refractivity contribution in [3.05, 3.63) is 42.2 Å². The number of hydrogen-bond donors (Lipinski definition) is 2. The maximum Gasteiger partial charge on any atom is 0.243 e. The molecule has 0 bridgehead atoms. The molecular formula is C17H23N3O3S. The number of aliphatic hydroxyl groups is 1. The lowest BCUT2D eigenvalue weighted by Gasteiger charge is -2.17. The molecule has 0 saturated heterocycles. The van der Waals surface area contributed by atoms with E-state index in [9.17, 15) is 13.5 Å². The third-order valence-corrected chi connectivity index (χ3v) is 5.97. The molecule has 24 heavy (non-hydrogen) atoms. The van der Waals surface area contributed by atoms with Gasteiger partial charge in [-0.1, -0.05) is 30.5 Å². The first kappa shape index (κ1) is 17.1. The van der Waals surface area contributed by atoms with Gasteiger partial charge in [-0.3, -0.25) is 0 Å². The van der Waals surface area contributed by atoms with Crippen LogP contribution in [0.2, 0.25) is 0 Å². The van der Waals surface area contributed by atoms with Crippen LogP contribution in [0.25, 0.3) is 5.69 Å². The Labute approximate surface area is 142 Å². The zero-order chi connectivity index (χ0) is 17.2. The summed E-state index contributed by atoms with van der Waals surface area (Å²) in [4.78, 5) is 0.0988. The number of benzene rings is 1. The van der Waals surface area contributed by atoms with Gasteiger partial charge in [0.15, 0.2) is 0 Å². The molecule has 130 valence electrons. The molecule has 7 heteroatoms. The average molecular weight is 349 g/mol. The van der Waals surface area contributed by atoms with Crippen LogP contribution < -0.4 is 4.72 Å². The topological polar surface area (TPSA) is 84.2 Å². The number of nitrogens with one attached hydrogen (secondary N) is 1. The molecule has 1 unspecified atom stereocenters. The largest absolute Gasteiger partial charge is 0.391 e. The molecule has 0 radical (unpaired) electrons. The van der Waals surface area contributed by atoms with Crippen LogP contribution in [0.4, 0.5) is 0 Å². The number of nitrogens with zero attached hydrogens (tertiary/aromatic N) is 2. The quantitative estimate of drug-likeness (QED) is 0.835. The second kappa shape index (κ2) is 7.04. The second-order valence-corrected chi connectivity index (χ2v) is 8.19. The zero-order valence-corrected chi connectivity index (χ0v) is 14.5. The highest BCUT2D eigenvalue weighted by molar-refractivity contribution is 7.89. The van der Waals surface area contributed by atoms with E-state index >= 15 is 0 Å². The van der Waals surface area contributed by atoms with Crippen molar-refractivity contribution in [3.63, 3.8) is 0 Å². The van der Waals surface area contributed by atoms with Crippen molar-refractivity contribution >= 4 is 10.0 Å². The van der Waals surface area contributed by atoms with Crippen LogP contribution in [0, 0.1) is 12.8 Å². The van der Waals surface area contributed by atoms with Crippen LogP contribution in [0.5, 0.6) is 0 Å². The molecule has 3 rings (SSSR count). The lowest BCUT2D eigenvalue weighted by atomic mass is 10.0. The fraction of sp³-hybridized carbons (Fsp3) is 0.471. The normalized spacial score (nSPS) is 17.2. The highest BCUT2D eigenvalue weighted by Crippen LogP contribution is 2.27. The number of hydrogen-bond acceptors (Lipinski definition) is 4. The zero-order valence-electron chi connectivity index (χ0n) is 13.7. The van der Waals surface area contributed by atoms with Crippen LogP contribution in [0.15, 0.2) is 41.6 Å². The third-order valence-electron chi connectivity index (χ3n) is 4.59. The minimum atomic E-state index is -3.67. The van der Waals surface area contributed by atoms with Gasteiger partial charge in [0.25, 0.3) is 0 Å². The van der Waals surface area contributed by atoms with Crippen LogP contribution in [-0.2, 0) is 10.0 Å². The summed E-state index contributed by atoms with van der Waals surface area (Å²) in [7, 11) is -3.67. The van der Waals surface area contributed by atoms with Gasteiger partial charge >= 0.3 is 0 Å². The molecule has 2 N–H and O–H groups in total. The van der Waals surface area contributed by atoms with Gasteiger partial charge in [-0.2, -0.15) is 5.10 Å². The molecular weight excluding hydrogens is 326 g/mol. The summed E-state index contributed by atoms with van der Waals surface area (Å²) in [6, 6.07) is 7.66. The summed E-state index contributed by atoms with van der Waals surface area (Å²) < 4.78 is 28.8. The summed E-state index contributed by atoms with van der Waals surface area (Å²) in [6.07, 6.45) is 6.33. The van der Waals surface area contributed by atoms with E-state index in [2.05, 4.69) is 9.82 Å². The molecule has 1 aliphatic carbocycles. The Morgan fingerprint density at radius 3 is 2.62 bits per heavy atom. The fourth-order valence-corrected chi connectivity index (χ4v) is 4.05. The number of rotatable bonds is 6. The maximum absolute atomic E-state index is 12.4. The van der Waals surface area contributed by atoms with Gasteiger partial charge in [-0.05, 0) is 37.8 Å². The monoisotopic (exact) mass is 349 g/mol. The highest BCUT2D eigenvalue weighted by Gasteiger charge is 2.25. The number of sulfonamides is 1. The van der Waals surface area contributed by atoms with Gasteiger partial charge in [0.1, 0.15) is 4.90 Å². The molecule has 1 aliphatic rings. The van der Waals surface area contributed by atoms with Gasteiger partial charge in [0.2, 0.25) is 10.0 Å². The summed E-state index contributed by atoms with van der Waals surface area (Å²) in [5, 5.41) is 14.2. The molecule has 1 heterocycles. The molecule has 1 fully saturated rings. The van der Waals surface area contributed by atoms with Crippen LogP contribution in [-0.4, -0.2) is 36.0 Å². The van der Waals surface area contributed by atoms with Gasteiger partial charge in [0.05, 0.1) is 24.2 Å². The summed E-state index contributed by atoms with van der Waals surface area (Å²) >= 11 is 0. The molecule has 1 aromatic heterocycles. The minimum Gasteiger partial charge on any atom is -0.391 e. The Kier molecular flexibility index (Phi) is 5.03. The van der Waals surface area contributed by atoms with Crippen LogP contribution >= 0.6 is 0 Å². The smallest absolute Gasteiger partial charge is 0.243 e. The first-order valence-corrected chi connectivity index (χ1v) is 9.73. The van der Waals surface area contributed by atoms with Crippen molar-refractivity contribution < 1.29 is 13.5 Å². The van der Waals surface area contributed by atoms with Crippen molar-refractivity contribution in [2.24, 2.45) is 5.92 Å². The fourth-order valence-electron chi connectivity index (χ4n) is 3.07. The van der Waals surface area contributed by atoms with E-state index < -0.39 is 16.1 Å². The lowest BCUT2D eigenvalue weighted by molar-refractivity contribution is 0.115. The first-order chi connectivity index (χ1) is 11.5. The molecule has 2 aromatic rings. The number of aliphatic hydroxyl groups excluding tert-OH is 1. The predicted molar refractivity (Wildman–Crippen MR) is 91.5 cm³/mol. The standard InChI is InChI=1S/C17H23N3O3S/c1-13-6-8-15(9-7-13)20-12-16(10-18-20)24(22,23)19-11-17(21)14-4-2-3-5-14/h6-10,12,14,17,19,21H,2-5,11H2,1H3. The Hall–Kier alpha value is -1.70. The van der Waals surface area contributed by atoms with Crippen molar-refractivity contribution in [2.75, 3.05) is 6.54 Å². The Bertz CT molecular complexity index is 778. The van der Waals surface area contributed by atoms with Crippen LogP contribution in [0.1, 0.15) is 31.2 Å². The Morgan fingerprint density at radius 1 is 1.29 bits per heavy atom.